The fraction of sp³-hybridized carbons (Fsp3) is 0.278. The number of phenols is 1. The summed E-state index contributed by atoms with van der Waals surface area (Å²) in [5.74, 6) is 0.693. The molecule has 2 aromatic rings. The first kappa shape index (κ1) is 12.5. The number of hydrogen-bond acceptors (Lipinski definition) is 2. The van der Waals surface area contributed by atoms with Gasteiger partial charge in [0, 0.05) is 18.9 Å². The quantitative estimate of drug-likeness (QED) is 0.871. The first-order valence-corrected chi connectivity index (χ1v) is 7.41. The second kappa shape index (κ2) is 4.62. The zero-order chi connectivity index (χ0) is 14.4. The number of rotatable bonds is 1. The Morgan fingerprint density at radius 2 is 1.86 bits per heavy atom. The molecule has 1 N–H and O–H groups in total. The fourth-order valence-corrected chi connectivity index (χ4v) is 3.72. The van der Waals surface area contributed by atoms with Gasteiger partial charge in [0.2, 0.25) is 5.91 Å². The van der Waals surface area contributed by atoms with Gasteiger partial charge in [-0.25, -0.2) is 0 Å². The Morgan fingerprint density at radius 1 is 1.05 bits per heavy atom. The van der Waals surface area contributed by atoms with Crippen LogP contribution in [0, 0.1) is 0 Å². The third kappa shape index (κ3) is 1.92. The van der Waals surface area contributed by atoms with Crippen molar-refractivity contribution in [3.8, 4) is 5.75 Å². The van der Waals surface area contributed by atoms with Gasteiger partial charge in [0.25, 0.3) is 0 Å². The summed E-state index contributed by atoms with van der Waals surface area (Å²) in [5, 5.41) is 9.86. The summed E-state index contributed by atoms with van der Waals surface area (Å²) in [6.07, 6.45) is 1.52. The van der Waals surface area contributed by atoms with Crippen molar-refractivity contribution in [2.75, 3.05) is 6.54 Å². The van der Waals surface area contributed by atoms with Crippen LogP contribution < -0.4 is 0 Å². The Morgan fingerprint density at radius 3 is 2.67 bits per heavy atom. The number of aromatic hydroxyl groups is 1. The zero-order valence-electron chi connectivity index (χ0n) is 11.7. The average Bonchev–Trinajstić information content (AvgIpc) is 2.88. The minimum Gasteiger partial charge on any atom is -0.508 e. The van der Waals surface area contributed by atoms with Crippen LogP contribution in [0.2, 0.25) is 0 Å². The summed E-state index contributed by atoms with van der Waals surface area (Å²) in [5.41, 5.74) is 3.55. The molecular formula is C18H17NO2. The van der Waals surface area contributed by atoms with E-state index in [2.05, 4.69) is 12.1 Å². The van der Waals surface area contributed by atoms with Gasteiger partial charge in [-0.1, -0.05) is 36.4 Å². The lowest BCUT2D eigenvalue weighted by Gasteiger charge is -2.37. The van der Waals surface area contributed by atoms with Crippen LogP contribution >= 0.6 is 0 Å². The van der Waals surface area contributed by atoms with E-state index in [1.54, 1.807) is 6.07 Å². The van der Waals surface area contributed by atoms with E-state index in [0.717, 1.165) is 12.0 Å². The Labute approximate surface area is 123 Å². The SMILES string of the molecule is O=C1CC[C@H]2c3ccc(O)cc3[C@@H](c3ccccc3)CN12. The van der Waals surface area contributed by atoms with Crippen molar-refractivity contribution < 1.29 is 9.90 Å². The molecule has 0 saturated carbocycles. The zero-order valence-corrected chi connectivity index (χ0v) is 11.7. The van der Waals surface area contributed by atoms with E-state index in [1.165, 1.54) is 11.1 Å². The van der Waals surface area contributed by atoms with Crippen molar-refractivity contribution in [2.45, 2.75) is 24.8 Å². The molecule has 2 aromatic carbocycles. The van der Waals surface area contributed by atoms with Gasteiger partial charge in [0.15, 0.2) is 0 Å². The number of fused-ring (bicyclic) bond motifs is 3. The van der Waals surface area contributed by atoms with E-state index in [0.29, 0.717) is 18.7 Å². The van der Waals surface area contributed by atoms with Gasteiger partial charge in [-0.2, -0.15) is 0 Å². The lowest BCUT2D eigenvalue weighted by atomic mass is 9.81. The number of hydrogen-bond donors (Lipinski definition) is 1. The predicted octanol–water partition coefficient (Wildman–Crippen LogP) is 3.20. The molecule has 2 aliphatic rings. The Bertz CT molecular complexity index is 696. The molecule has 1 amide bonds. The van der Waals surface area contributed by atoms with Crippen LogP contribution in [0.15, 0.2) is 48.5 Å². The molecule has 106 valence electrons. The van der Waals surface area contributed by atoms with E-state index in [-0.39, 0.29) is 17.9 Å². The maximum absolute atomic E-state index is 12.1. The second-order valence-electron chi connectivity index (χ2n) is 5.88. The standard InChI is InChI=1S/C18H17NO2/c20-13-6-7-14-15(10-13)16(12-4-2-1-3-5-12)11-19-17(14)8-9-18(19)21/h1-7,10,16-17,20H,8-9,11H2/t16-,17+/m1/s1. The highest BCUT2D eigenvalue weighted by atomic mass is 16.3. The van der Waals surface area contributed by atoms with Gasteiger partial charge in [-0.05, 0) is 35.2 Å². The van der Waals surface area contributed by atoms with Crippen LogP contribution in [-0.4, -0.2) is 22.5 Å². The predicted molar refractivity (Wildman–Crippen MR) is 80.1 cm³/mol. The highest BCUT2D eigenvalue weighted by molar-refractivity contribution is 5.80. The van der Waals surface area contributed by atoms with Gasteiger partial charge in [-0.3, -0.25) is 4.79 Å². The highest BCUT2D eigenvalue weighted by Gasteiger charge is 2.40. The van der Waals surface area contributed by atoms with E-state index in [4.69, 9.17) is 0 Å². The largest absolute Gasteiger partial charge is 0.508 e. The van der Waals surface area contributed by atoms with Crippen molar-refractivity contribution in [1.29, 1.82) is 0 Å². The van der Waals surface area contributed by atoms with Gasteiger partial charge < -0.3 is 10.0 Å². The van der Waals surface area contributed by atoms with Crippen molar-refractivity contribution in [3.63, 3.8) is 0 Å². The summed E-state index contributed by atoms with van der Waals surface area (Å²) in [4.78, 5) is 14.1. The highest BCUT2D eigenvalue weighted by Crippen LogP contribution is 2.45. The van der Waals surface area contributed by atoms with Gasteiger partial charge >= 0.3 is 0 Å². The Hall–Kier alpha value is -2.29. The molecule has 1 saturated heterocycles. The molecule has 0 aliphatic carbocycles. The number of carbonyl (C=O) groups is 1. The van der Waals surface area contributed by atoms with Crippen LogP contribution in [0.3, 0.4) is 0 Å². The minimum atomic E-state index is 0.145. The van der Waals surface area contributed by atoms with E-state index >= 15 is 0 Å². The third-order valence-electron chi connectivity index (χ3n) is 4.71. The smallest absolute Gasteiger partial charge is 0.223 e. The summed E-state index contributed by atoms with van der Waals surface area (Å²) in [7, 11) is 0. The summed E-state index contributed by atoms with van der Waals surface area (Å²) >= 11 is 0. The fourth-order valence-electron chi connectivity index (χ4n) is 3.72. The molecule has 1 fully saturated rings. The lowest BCUT2D eigenvalue weighted by molar-refractivity contribution is -0.129. The monoisotopic (exact) mass is 279 g/mol. The van der Waals surface area contributed by atoms with Gasteiger partial charge in [-0.15, -0.1) is 0 Å². The molecule has 21 heavy (non-hydrogen) atoms. The minimum absolute atomic E-state index is 0.145. The van der Waals surface area contributed by atoms with Gasteiger partial charge in [0.05, 0.1) is 6.04 Å². The maximum Gasteiger partial charge on any atom is 0.223 e. The molecule has 0 bridgehead atoms. The van der Waals surface area contributed by atoms with E-state index in [1.807, 2.05) is 35.2 Å². The molecule has 0 aromatic heterocycles. The summed E-state index contributed by atoms with van der Waals surface area (Å²) in [6.45, 7) is 0.712. The van der Waals surface area contributed by atoms with Crippen LogP contribution in [0.4, 0.5) is 0 Å². The first-order valence-electron chi connectivity index (χ1n) is 7.41. The van der Waals surface area contributed by atoms with Crippen molar-refractivity contribution in [1.82, 2.24) is 4.90 Å². The molecule has 4 rings (SSSR count). The number of benzene rings is 2. The number of amides is 1. The molecule has 0 unspecified atom stereocenters. The molecule has 2 heterocycles. The molecule has 3 heteroatoms. The van der Waals surface area contributed by atoms with Crippen LogP contribution in [0.25, 0.3) is 0 Å². The van der Waals surface area contributed by atoms with Crippen molar-refractivity contribution in [2.24, 2.45) is 0 Å². The van der Waals surface area contributed by atoms with Crippen molar-refractivity contribution >= 4 is 5.91 Å². The molecule has 0 radical (unpaired) electrons. The molecule has 2 aliphatic heterocycles. The van der Waals surface area contributed by atoms with E-state index < -0.39 is 0 Å². The average molecular weight is 279 g/mol. The summed E-state index contributed by atoms with van der Waals surface area (Å²) in [6, 6.07) is 16.0. The van der Waals surface area contributed by atoms with Gasteiger partial charge in [0.1, 0.15) is 5.75 Å². The number of carbonyl (C=O) groups excluding carboxylic acids is 1. The molecule has 3 nitrogen and oxygen atoms in total. The van der Waals surface area contributed by atoms with Crippen molar-refractivity contribution in [3.05, 3.63) is 65.2 Å². The van der Waals surface area contributed by atoms with E-state index in [9.17, 15) is 9.90 Å². The molecule has 2 atom stereocenters. The first-order chi connectivity index (χ1) is 10.2. The lowest BCUT2D eigenvalue weighted by Crippen LogP contribution is -2.37. The second-order valence-corrected chi connectivity index (χ2v) is 5.88. The normalized spacial score (nSPS) is 23.8. The number of phenolic OH excluding ortho intramolecular Hbond substituents is 1. The topological polar surface area (TPSA) is 40.5 Å². The van der Waals surface area contributed by atoms with Crippen LogP contribution in [-0.2, 0) is 4.79 Å². The Kier molecular flexibility index (Phi) is 2.74. The maximum atomic E-state index is 12.1. The van der Waals surface area contributed by atoms with Crippen LogP contribution in [0.5, 0.6) is 5.75 Å². The van der Waals surface area contributed by atoms with Crippen LogP contribution in [0.1, 0.15) is 41.5 Å². The number of nitrogens with zero attached hydrogens (tertiary/aromatic N) is 1. The molecule has 0 spiro atoms. The molecular weight excluding hydrogens is 262 g/mol. The third-order valence-corrected chi connectivity index (χ3v) is 4.71. The Balaban J connectivity index is 1.87. The summed E-state index contributed by atoms with van der Waals surface area (Å²) < 4.78 is 0.